The zero-order valence-electron chi connectivity index (χ0n) is 10.5. The first-order valence-corrected chi connectivity index (χ1v) is 5.96. The zero-order chi connectivity index (χ0) is 12.8. The Bertz CT molecular complexity index is 484. The van der Waals surface area contributed by atoms with Gasteiger partial charge < -0.3 is 10.1 Å². The molecule has 18 heavy (non-hydrogen) atoms. The van der Waals surface area contributed by atoms with Gasteiger partial charge in [-0.2, -0.15) is 20.1 Å². The smallest absolute Gasteiger partial charge is 0.323 e. The summed E-state index contributed by atoms with van der Waals surface area (Å²) in [7, 11) is 0. The lowest BCUT2D eigenvalue weighted by Crippen LogP contribution is -2.11. The molecule has 2 aromatic rings. The fourth-order valence-electron chi connectivity index (χ4n) is 1.33. The van der Waals surface area contributed by atoms with E-state index in [4.69, 9.17) is 4.74 Å². The van der Waals surface area contributed by atoms with E-state index in [0.717, 1.165) is 13.0 Å². The summed E-state index contributed by atoms with van der Waals surface area (Å²) in [5, 5.41) is 7.13. The van der Waals surface area contributed by atoms with Crippen molar-refractivity contribution in [2.24, 2.45) is 0 Å². The quantitative estimate of drug-likeness (QED) is 0.829. The normalized spacial score (nSPS) is 10.3. The van der Waals surface area contributed by atoms with Gasteiger partial charge in [0.05, 0.1) is 6.61 Å². The van der Waals surface area contributed by atoms with Gasteiger partial charge >= 0.3 is 6.01 Å². The second-order valence-corrected chi connectivity index (χ2v) is 3.57. The van der Waals surface area contributed by atoms with Crippen LogP contribution >= 0.6 is 0 Å². The molecule has 0 aromatic carbocycles. The van der Waals surface area contributed by atoms with Gasteiger partial charge in [-0.15, -0.1) is 0 Å². The van der Waals surface area contributed by atoms with Gasteiger partial charge in [-0.1, -0.05) is 6.92 Å². The summed E-state index contributed by atoms with van der Waals surface area (Å²) in [4.78, 5) is 12.6. The number of anilines is 1. The summed E-state index contributed by atoms with van der Waals surface area (Å²) in [6, 6.07) is 2.12. The molecule has 0 spiro atoms. The van der Waals surface area contributed by atoms with Crippen LogP contribution in [-0.4, -0.2) is 37.9 Å². The first-order valence-electron chi connectivity index (χ1n) is 5.96. The van der Waals surface area contributed by atoms with E-state index >= 15 is 0 Å². The van der Waals surface area contributed by atoms with E-state index in [9.17, 15) is 0 Å². The maximum Gasteiger partial charge on any atom is 0.323 e. The Morgan fingerprint density at radius 1 is 1.28 bits per heavy atom. The highest BCUT2D eigenvalue weighted by molar-refractivity contribution is 5.29. The van der Waals surface area contributed by atoms with Gasteiger partial charge in [0.2, 0.25) is 5.95 Å². The van der Waals surface area contributed by atoms with Crippen molar-refractivity contribution in [2.75, 3.05) is 18.5 Å². The fraction of sp³-hybridized carbons (Fsp3) is 0.455. The molecular formula is C11H16N6O. The van der Waals surface area contributed by atoms with Gasteiger partial charge in [-0.25, -0.2) is 4.68 Å². The van der Waals surface area contributed by atoms with Crippen molar-refractivity contribution in [3.8, 4) is 12.0 Å². The lowest BCUT2D eigenvalue weighted by molar-refractivity contribution is 0.291. The minimum atomic E-state index is 0.313. The standard InChI is InChI=1S/C11H16N6O/c1-3-8-18-11-15-9(12-4-2)14-10(16-11)17-7-5-6-13-17/h5-7H,3-4,8H2,1-2H3,(H,12,14,15,16). The van der Waals surface area contributed by atoms with Gasteiger partial charge in [-0.05, 0) is 19.4 Å². The second kappa shape index (κ2) is 5.95. The monoisotopic (exact) mass is 248 g/mol. The molecule has 0 saturated carbocycles. The number of hydrogen-bond donors (Lipinski definition) is 1. The number of hydrogen-bond acceptors (Lipinski definition) is 6. The van der Waals surface area contributed by atoms with Crippen LogP contribution in [0.25, 0.3) is 5.95 Å². The van der Waals surface area contributed by atoms with Gasteiger partial charge in [0.25, 0.3) is 5.95 Å². The molecule has 0 radical (unpaired) electrons. The number of aromatic nitrogens is 5. The molecule has 96 valence electrons. The molecule has 1 N–H and O–H groups in total. The number of nitrogens with one attached hydrogen (secondary N) is 1. The molecule has 7 nitrogen and oxygen atoms in total. The van der Waals surface area contributed by atoms with Crippen LogP contribution in [0, 0.1) is 0 Å². The molecule has 0 unspecified atom stereocenters. The molecule has 2 aromatic heterocycles. The molecule has 2 rings (SSSR count). The van der Waals surface area contributed by atoms with Crippen molar-refractivity contribution >= 4 is 5.95 Å². The van der Waals surface area contributed by atoms with Gasteiger partial charge in [0.1, 0.15) is 0 Å². The third-order valence-electron chi connectivity index (χ3n) is 2.08. The highest BCUT2D eigenvalue weighted by atomic mass is 16.5. The maximum atomic E-state index is 5.44. The first kappa shape index (κ1) is 12.3. The Morgan fingerprint density at radius 3 is 2.83 bits per heavy atom. The van der Waals surface area contributed by atoms with E-state index < -0.39 is 0 Å². The van der Waals surface area contributed by atoms with Crippen molar-refractivity contribution in [2.45, 2.75) is 20.3 Å². The lowest BCUT2D eigenvalue weighted by Gasteiger charge is -2.07. The van der Waals surface area contributed by atoms with E-state index in [1.165, 1.54) is 0 Å². The van der Waals surface area contributed by atoms with Gasteiger partial charge in [0, 0.05) is 18.9 Å². The molecule has 2 heterocycles. The van der Waals surface area contributed by atoms with Crippen molar-refractivity contribution in [3.63, 3.8) is 0 Å². The Hall–Kier alpha value is -2.18. The Morgan fingerprint density at radius 2 is 2.17 bits per heavy atom. The average molecular weight is 248 g/mol. The van der Waals surface area contributed by atoms with E-state index in [2.05, 4.69) is 25.4 Å². The maximum absolute atomic E-state index is 5.44. The van der Waals surface area contributed by atoms with Crippen LogP contribution in [0.15, 0.2) is 18.5 Å². The summed E-state index contributed by atoms with van der Waals surface area (Å²) >= 11 is 0. The average Bonchev–Trinajstić information content (AvgIpc) is 2.90. The molecule has 0 amide bonds. The van der Waals surface area contributed by atoms with Crippen LogP contribution in [0.3, 0.4) is 0 Å². The van der Waals surface area contributed by atoms with Crippen molar-refractivity contribution in [1.29, 1.82) is 0 Å². The second-order valence-electron chi connectivity index (χ2n) is 3.57. The molecule has 0 fully saturated rings. The number of ether oxygens (including phenoxy) is 1. The number of rotatable bonds is 6. The molecule has 0 aliphatic heterocycles. The van der Waals surface area contributed by atoms with Crippen LogP contribution in [0.1, 0.15) is 20.3 Å². The molecule has 0 saturated heterocycles. The molecule has 7 heteroatoms. The van der Waals surface area contributed by atoms with E-state index in [-0.39, 0.29) is 0 Å². The van der Waals surface area contributed by atoms with Gasteiger partial charge in [-0.3, -0.25) is 0 Å². The molecule has 0 aliphatic rings. The Labute approximate surface area is 105 Å². The summed E-state index contributed by atoms with van der Waals surface area (Å²) in [5.41, 5.74) is 0. The van der Waals surface area contributed by atoms with Crippen LogP contribution in [-0.2, 0) is 0 Å². The van der Waals surface area contributed by atoms with E-state index in [1.54, 1.807) is 17.1 Å². The molecule has 0 atom stereocenters. The predicted octanol–water partition coefficient (Wildman–Crippen LogP) is 1.28. The van der Waals surface area contributed by atoms with Crippen LogP contribution in [0.5, 0.6) is 6.01 Å². The van der Waals surface area contributed by atoms with E-state index in [1.807, 2.05) is 19.9 Å². The summed E-state index contributed by atoms with van der Waals surface area (Å²) in [5.74, 6) is 0.932. The van der Waals surface area contributed by atoms with Crippen molar-refractivity contribution < 1.29 is 4.74 Å². The van der Waals surface area contributed by atoms with Gasteiger partial charge in [0.15, 0.2) is 0 Å². The minimum absolute atomic E-state index is 0.313. The van der Waals surface area contributed by atoms with Crippen LogP contribution in [0.4, 0.5) is 5.95 Å². The fourth-order valence-corrected chi connectivity index (χ4v) is 1.33. The van der Waals surface area contributed by atoms with Crippen LogP contribution in [0.2, 0.25) is 0 Å². The van der Waals surface area contributed by atoms with Crippen LogP contribution < -0.4 is 10.1 Å². The van der Waals surface area contributed by atoms with E-state index in [0.29, 0.717) is 24.5 Å². The summed E-state index contributed by atoms with van der Waals surface area (Å²) < 4.78 is 7.01. The SMILES string of the molecule is CCCOc1nc(NCC)nc(-n2cccn2)n1. The Balaban J connectivity index is 2.30. The molecule has 0 aliphatic carbocycles. The molecular weight excluding hydrogens is 232 g/mol. The highest BCUT2D eigenvalue weighted by Crippen LogP contribution is 2.10. The third-order valence-corrected chi connectivity index (χ3v) is 2.08. The van der Waals surface area contributed by atoms with Crippen molar-refractivity contribution in [1.82, 2.24) is 24.7 Å². The zero-order valence-corrected chi connectivity index (χ0v) is 10.5. The largest absolute Gasteiger partial charge is 0.463 e. The topological polar surface area (TPSA) is 77.8 Å². The molecule has 0 bridgehead atoms. The Kier molecular flexibility index (Phi) is 4.06. The lowest BCUT2D eigenvalue weighted by atomic mass is 10.5. The summed E-state index contributed by atoms with van der Waals surface area (Å²) in [6.07, 6.45) is 4.34. The number of nitrogens with zero attached hydrogens (tertiary/aromatic N) is 5. The predicted molar refractivity (Wildman–Crippen MR) is 66.9 cm³/mol. The summed E-state index contributed by atoms with van der Waals surface area (Å²) in [6.45, 7) is 5.31. The third kappa shape index (κ3) is 2.93. The first-order chi connectivity index (χ1) is 8.83. The minimum Gasteiger partial charge on any atom is -0.463 e. The highest BCUT2D eigenvalue weighted by Gasteiger charge is 2.08. The van der Waals surface area contributed by atoms with Crippen molar-refractivity contribution in [3.05, 3.63) is 18.5 Å².